The highest BCUT2D eigenvalue weighted by atomic mass is 19.1. The van der Waals surface area contributed by atoms with Crippen molar-refractivity contribution in [2.24, 2.45) is 4.99 Å². The Morgan fingerprint density at radius 2 is 1.71 bits per heavy atom. The first-order chi connectivity index (χ1) is 16.8. The second-order valence-electron chi connectivity index (χ2n) is 9.64. The fourth-order valence-electron chi connectivity index (χ4n) is 5.05. The van der Waals surface area contributed by atoms with Gasteiger partial charge in [-0.1, -0.05) is 35.9 Å². The molecule has 1 N–H and O–H groups in total. The average molecular weight is 479 g/mol. The van der Waals surface area contributed by atoms with E-state index in [4.69, 9.17) is 4.99 Å². The number of imide groups is 1. The normalized spacial score (nSPS) is 22.9. The summed E-state index contributed by atoms with van der Waals surface area (Å²) in [5.41, 5.74) is 4.78. The Bertz CT molecular complexity index is 1160. The fourth-order valence-corrected chi connectivity index (χ4v) is 5.05. The van der Waals surface area contributed by atoms with Gasteiger partial charge in [0.2, 0.25) is 0 Å². The summed E-state index contributed by atoms with van der Waals surface area (Å²) in [5, 5.41) is 2.44. The number of halogens is 1. The molecule has 0 radical (unpaired) electrons. The molecule has 3 amide bonds. The molecule has 5 rings (SSSR count). The number of nitrogens with zero attached hydrogens (tertiary/aromatic N) is 5. The predicted molar refractivity (Wildman–Crippen MR) is 131 cm³/mol. The SMILES string of the molecule is Cc1ccc(C)c(CN2CCN(C3=NC4C(C(=O)NC(=O)N4C)N3Cc3ccc(F)cc3)CC2)c1. The Balaban J connectivity index is 1.34. The molecule has 2 fully saturated rings. The van der Waals surface area contributed by atoms with Crippen LogP contribution in [0.1, 0.15) is 22.3 Å². The molecule has 0 spiro atoms. The third kappa shape index (κ3) is 4.60. The van der Waals surface area contributed by atoms with E-state index in [1.54, 1.807) is 19.2 Å². The van der Waals surface area contributed by atoms with Crippen LogP contribution in [-0.2, 0) is 17.9 Å². The summed E-state index contributed by atoms with van der Waals surface area (Å²) >= 11 is 0. The van der Waals surface area contributed by atoms with Gasteiger partial charge >= 0.3 is 6.03 Å². The van der Waals surface area contributed by atoms with Crippen molar-refractivity contribution in [3.05, 3.63) is 70.5 Å². The van der Waals surface area contributed by atoms with Gasteiger partial charge in [-0.3, -0.25) is 15.0 Å². The van der Waals surface area contributed by atoms with Gasteiger partial charge < -0.3 is 14.7 Å². The van der Waals surface area contributed by atoms with Crippen LogP contribution in [-0.4, -0.2) is 82.9 Å². The van der Waals surface area contributed by atoms with Gasteiger partial charge in [0, 0.05) is 46.3 Å². The van der Waals surface area contributed by atoms with Crippen LogP contribution in [0.5, 0.6) is 0 Å². The largest absolute Gasteiger partial charge is 0.340 e. The van der Waals surface area contributed by atoms with E-state index < -0.39 is 18.2 Å². The quantitative estimate of drug-likeness (QED) is 0.730. The molecule has 3 aliphatic heterocycles. The molecule has 35 heavy (non-hydrogen) atoms. The summed E-state index contributed by atoms with van der Waals surface area (Å²) in [5.74, 6) is 0.0579. The Morgan fingerprint density at radius 1 is 1.00 bits per heavy atom. The van der Waals surface area contributed by atoms with Gasteiger partial charge in [0.05, 0.1) is 0 Å². The first-order valence-corrected chi connectivity index (χ1v) is 12.0. The minimum absolute atomic E-state index is 0.303. The van der Waals surface area contributed by atoms with E-state index in [0.29, 0.717) is 12.5 Å². The van der Waals surface area contributed by atoms with Crippen LogP contribution in [0.15, 0.2) is 47.5 Å². The number of amides is 3. The number of fused-ring (bicyclic) bond motifs is 1. The van der Waals surface area contributed by atoms with E-state index in [9.17, 15) is 14.0 Å². The highest BCUT2D eigenvalue weighted by molar-refractivity contribution is 6.03. The molecule has 2 saturated heterocycles. The van der Waals surface area contributed by atoms with Gasteiger partial charge in [-0.05, 0) is 42.7 Å². The topological polar surface area (TPSA) is 71.5 Å². The lowest BCUT2D eigenvalue weighted by Crippen LogP contribution is -2.64. The summed E-state index contributed by atoms with van der Waals surface area (Å²) < 4.78 is 13.5. The molecule has 2 atom stereocenters. The highest BCUT2D eigenvalue weighted by Crippen LogP contribution is 2.28. The van der Waals surface area contributed by atoms with Crippen LogP contribution in [0.4, 0.5) is 9.18 Å². The minimum atomic E-state index is -0.620. The number of likely N-dealkylation sites (N-methyl/N-ethyl adjacent to an activating group) is 1. The van der Waals surface area contributed by atoms with Gasteiger partial charge in [0.15, 0.2) is 18.2 Å². The smallest absolute Gasteiger partial charge is 0.325 e. The Kier molecular flexibility index (Phi) is 6.19. The standard InChI is InChI=1S/C26H31FN6O2/c1-17-4-5-18(2)20(14-17)16-31-10-12-32(13-11-31)25-28-23-22(24(34)29-26(35)30(23)3)33(25)15-19-6-8-21(27)9-7-19/h4-9,14,22-23H,10-13,15-16H2,1-3H3,(H,29,34,35). The fraction of sp³-hybridized carbons (Fsp3) is 0.423. The summed E-state index contributed by atoms with van der Waals surface area (Å²) in [6.45, 7) is 8.84. The molecule has 0 aliphatic carbocycles. The number of aryl methyl sites for hydroxylation is 2. The number of guanidine groups is 1. The van der Waals surface area contributed by atoms with Gasteiger partial charge in [-0.15, -0.1) is 0 Å². The number of nitrogens with one attached hydrogen (secondary N) is 1. The molecule has 8 nitrogen and oxygen atoms in total. The number of piperazine rings is 1. The van der Waals surface area contributed by atoms with Crippen LogP contribution in [0, 0.1) is 19.7 Å². The number of aliphatic imine (C=N–C) groups is 1. The second kappa shape index (κ2) is 9.30. The molecular weight excluding hydrogens is 447 g/mol. The third-order valence-electron chi connectivity index (χ3n) is 7.16. The van der Waals surface area contributed by atoms with Crippen LogP contribution >= 0.6 is 0 Å². The molecule has 3 aliphatic rings. The predicted octanol–water partition coefficient (Wildman–Crippen LogP) is 2.31. The number of rotatable bonds is 4. The highest BCUT2D eigenvalue weighted by Gasteiger charge is 2.49. The Morgan fingerprint density at radius 3 is 2.43 bits per heavy atom. The molecule has 2 aromatic rings. The van der Waals surface area contributed by atoms with Gasteiger partial charge in [0.1, 0.15) is 5.82 Å². The van der Waals surface area contributed by atoms with E-state index in [2.05, 4.69) is 47.2 Å². The van der Waals surface area contributed by atoms with Crippen molar-refractivity contribution in [3.63, 3.8) is 0 Å². The zero-order chi connectivity index (χ0) is 24.7. The Labute approximate surface area is 205 Å². The maximum absolute atomic E-state index is 13.5. The molecule has 0 aromatic heterocycles. The minimum Gasteiger partial charge on any atom is -0.340 e. The molecule has 184 valence electrons. The average Bonchev–Trinajstić information content (AvgIpc) is 3.22. The molecule has 2 aromatic carbocycles. The van der Waals surface area contributed by atoms with E-state index in [1.807, 2.05) is 4.90 Å². The Hall–Kier alpha value is -3.46. The van der Waals surface area contributed by atoms with Crippen molar-refractivity contribution in [1.82, 2.24) is 24.9 Å². The van der Waals surface area contributed by atoms with Crippen molar-refractivity contribution in [3.8, 4) is 0 Å². The number of hydrogen-bond donors (Lipinski definition) is 1. The van der Waals surface area contributed by atoms with Crippen molar-refractivity contribution in [2.75, 3.05) is 33.2 Å². The first kappa shape index (κ1) is 23.3. The number of urea groups is 1. The zero-order valence-electron chi connectivity index (χ0n) is 20.4. The number of hydrogen-bond acceptors (Lipinski definition) is 6. The maximum Gasteiger partial charge on any atom is 0.325 e. The van der Waals surface area contributed by atoms with E-state index in [-0.39, 0.29) is 11.7 Å². The summed E-state index contributed by atoms with van der Waals surface area (Å²) in [4.78, 5) is 38.1. The van der Waals surface area contributed by atoms with Crippen LogP contribution in [0.25, 0.3) is 0 Å². The number of carbonyl (C=O) groups excluding carboxylic acids is 2. The first-order valence-electron chi connectivity index (χ1n) is 12.0. The molecule has 2 unspecified atom stereocenters. The lowest BCUT2D eigenvalue weighted by Gasteiger charge is -2.40. The lowest BCUT2D eigenvalue weighted by molar-refractivity contribution is -0.127. The van der Waals surface area contributed by atoms with Crippen molar-refractivity contribution < 1.29 is 14.0 Å². The third-order valence-corrected chi connectivity index (χ3v) is 7.16. The second-order valence-corrected chi connectivity index (χ2v) is 9.64. The molecular formula is C26H31FN6O2. The van der Waals surface area contributed by atoms with Crippen molar-refractivity contribution in [1.29, 1.82) is 0 Å². The number of benzene rings is 2. The van der Waals surface area contributed by atoms with Gasteiger partial charge in [0.25, 0.3) is 5.91 Å². The molecule has 0 saturated carbocycles. The van der Waals surface area contributed by atoms with Gasteiger partial charge in [-0.25, -0.2) is 14.2 Å². The molecule has 9 heteroatoms. The molecule has 0 bridgehead atoms. The summed E-state index contributed by atoms with van der Waals surface area (Å²) in [7, 11) is 1.66. The monoisotopic (exact) mass is 478 g/mol. The van der Waals surface area contributed by atoms with Crippen LogP contribution < -0.4 is 5.32 Å². The van der Waals surface area contributed by atoms with Crippen LogP contribution in [0.2, 0.25) is 0 Å². The number of carbonyl (C=O) groups is 2. The zero-order valence-corrected chi connectivity index (χ0v) is 20.4. The lowest BCUT2D eigenvalue weighted by atomic mass is 10.0. The van der Waals surface area contributed by atoms with Crippen molar-refractivity contribution in [2.45, 2.75) is 39.1 Å². The summed E-state index contributed by atoms with van der Waals surface area (Å²) in [6.07, 6.45) is -0.584. The van der Waals surface area contributed by atoms with Crippen LogP contribution in [0.3, 0.4) is 0 Å². The summed E-state index contributed by atoms with van der Waals surface area (Å²) in [6, 6.07) is 11.8. The van der Waals surface area contributed by atoms with Crippen molar-refractivity contribution >= 4 is 17.9 Å². The molecule has 3 heterocycles. The van der Waals surface area contributed by atoms with Gasteiger partial charge in [-0.2, -0.15) is 0 Å². The van der Waals surface area contributed by atoms with E-state index in [1.165, 1.54) is 33.7 Å². The van der Waals surface area contributed by atoms with E-state index in [0.717, 1.165) is 38.3 Å². The maximum atomic E-state index is 13.5. The van der Waals surface area contributed by atoms with E-state index >= 15 is 0 Å².